The van der Waals surface area contributed by atoms with Crippen LogP contribution in [-0.2, 0) is 0 Å². The van der Waals surface area contributed by atoms with Crippen molar-refractivity contribution in [3.8, 4) is 11.3 Å². The van der Waals surface area contributed by atoms with E-state index in [1.54, 1.807) is 13.8 Å². The van der Waals surface area contributed by atoms with Gasteiger partial charge in [-0.3, -0.25) is 10.1 Å². The fourth-order valence-electron chi connectivity index (χ4n) is 1.61. The summed E-state index contributed by atoms with van der Waals surface area (Å²) in [6.45, 7) is 3.51. The highest BCUT2D eigenvalue weighted by molar-refractivity contribution is 5.68. The maximum absolute atomic E-state index is 10.6. The number of nitrogens with two attached hydrogens (primary N) is 1. The number of nitro groups is 1. The van der Waals surface area contributed by atoms with Gasteiger partial charge in [0.1, 0.15) is 5.76 Å². The van der Waals surface area contributed by atoms with E-state index < -0.39 is 4.92 Å². The number of pyridine rings is 1. The summed E-state index contributed by atoms with van der Waals surface area (Å²) in [6, 6.07) is 2.85. The van der Waals surface area contributed by atoms with E-state index in [9.17, 15) is 10.1 Å². The van der Waals surface area contributed by atoms with Crippen LogP contribution in [0.25, 0.3) is 11.3 Å². The molecule has 0 bridgehead atoms. The molecule has 0 aliphatic rings. The van der Waals surface area contributed by atoms with Crippen molar-refractivity contribution in [3.05, 3.63) is 33.7 Å². The molecular weight excluding hydrogens is 224 g/mol. The predicted molar refractivity (Wildman–Crippen MR) is 60.3 cm³/mol. The second kappa shape index (κ2) is 3.85. The Morgan fingerprint density at radius 3 is 2.59 bits per heavy atom. The lowest BCUT2D eigenvalue weighted by atomic mass is 10.1. The van der Waals surface area contributed by atoms with Crippen molar-refractivity contribution in [1.29, 1.82) is 0 Å². The highest BCUT2D eigenvalue weighted by Gasteiger charge is 2.17. The molecule has 2 rings (SSSR count). The summed E-state index contributed by atoms with van der Waals surface area (Å²) in [5, 5.41) is 14.4. The van der Waals surface area contributed by atoms with Crippen molar-refractivity contribution in [2.24, 2.45) is 0 Å². The van der Waals surface area contributed by atoms with Gasteiger partial charge in [0.15, 0.2) is 0 Å². The van der Waals surface area contributed by atoms with Crippen LogP contribution in [0.15, 0.2) is 16.7 Å². The van der Waals surface area contributed by atoms with Crippen LogP contribution in [0.2, 0.25) is 0 Å². The molecule has 88 valence electrons. The quantitative estimate of drug-likeness (QED) is 0.627. The number of aryl methyl sites for hydroxylation is 2. The summed E-state index contributed by atoms with van der Waals surface area (Å²) < 4.78 is 5.00. The van der Waals surface area contributed by atoms with Crippen molar-refractivity contribution in [2.75, 3.05) is 5.73 Å². The average molecular weight is 234 g/mol. The maximum Gasteiger partial charge on any atom is 0.311 e. The summed E-state index contributed by atoms with van der Waals surface area (Å²) >= 11 is 0. The summed E-state index contributed by atoms with van der Waals surface area (Å²) in [5.41, 5.74) is 7.22. The van der Waals surface area contributed by atoms with Crippen molar-refractivity contribution in [3.63, 3.8) is 0 Å². The van der Waals surface area contributed by atoms with Crippen LogP contribution in [0, 0.1) is 24.0 Å². The molecule has 0 aromatic carbocycles. The third-order valence-electron chi connectivity index (χ3n) is 2.39. The number of anilines is 1. The van der Waals surface area contributed by atoms with Crippen LogP contribution in [-0.4, -0.2) is 15.1 Å². The molecule has 0 radical (unpaired) electrons. The summed E-state index contributed by atoms with van der Waals surface area (Å²) in [6.07, 6.45) is 0. The Bertz CT molecular complexity index is 572. The van der Waals surface area contributed by atoms with Crippen LogP contribution < -0.4 is 5.73 Å². The Labute approximate surface area is 96.4 Å². The van der Waals surface area contributed by atoms with E-state index in [4.69, 9.17) is 10.3 Å². The first-order valence-electron chi connectivity index (χ1n) is 4.85. The minimum absolute atomic E-state index is 0.118. The molecule has 2 aromatic heterocycles. The van der Waals surface area contributed by atoms with E-state index in [2.05, 4.69) is 10.1 Å². The summed E-state index contributed by atoms with van der Waals surface area (Å²) in [7, 11) is 0. The standard InChI is InChI=1S/C10H10N4O3/c1-5-9(6(2)17-13-5)7-3-4-8(14(15)16)10(11)12-7/h3-4H,1-2H3,(H2,11,12). The number of rotatable bonds is 2. The molecule has 0 spiro atoms. The number of hydrogen-bond donors (Lipinski definition) is 1. The van der Waals surface area contributed by atoms with E-state index in [1.807, 2.05) is 0 Å². The molecule has 0 unspecified atom stereocenters. The Balaban J connectivity index is 2.56. The molecule has 0 fully saturated rings. The molecule has 7 heteroatoms. The maximum atomic E-state index is 10.6. The Morgan fingerprint density at radius 2 is 2.12 bits per heavy atom. The molecule has 0 saturated carbocycles. The smallest absolute Gasteiger partial charge is 0.311 e. The van der Waals surface area contributed by atoms with Crippen molar-refractivity contribution in [2.45, 2.75) is 13.8 Å². The van der Waals surface area contributed by atoms with E-state index in [1.165, 1.54) is 12.1 Å². The van der Waals surface area contributed by atoms with Gasteiger partial charge in [-0.15, -0.1) is 0 Å². The molecule has 0 saturated heterocycles. The first-order chi connectivity index (χ1) is 8.00. The molecule has 0 aliphatic heterocycles. The SMILES string of the molecule is Cc1noc(C)c1-c1ccc([N+](=O)[O-])c(N)n1. The number of nitrogen functional groups attached to an aromatic ring is 1. The number of nitrogens with zero attached hydrogens (tertiary/aromatic N) is 3. The molecule has 2 aromatic rings. The second-order valence-electron chi connectivity index (χ2n) is 3.56. The van der Waals surface area contributed by atoms with Gasteiger partial charge >= 0.3 is 5.69 Å². The summed E-state index contributed by atoms with van der Waals surface area (Å²) in [5.74, 6) is 0.482. The normalized spacial score (nSPS) is 10.5. The van der Waals surface area contributed by atoms with Crippen molar-refractivity contribution < 1.29 is 9.45 Å². The van der Waals surface area contributed by atoms with E-state index in [0.29, 0.717) is 22.7 Å². The third-order valence-corrected chi connectivity index (χ3v) is 2.39. The van der Waals surface area contributed by atoms with Gasteiger partial charge in [0.2, 0.25) is 5.82 Å². The lowest BCUT2D eigenvalue weighted by molar-refractivity contribution is -0.384. The minimum atomic E-state index is -0.570. The predicted octanol–water partition coefficient (Wildman–Crippen LogP) is 1.84. The van der Waals surface area contributed by atoms with E-state index in [-0.39, 0.29) is 11.5 Å². The fraction of sp³-hybridized carbons (Fsp3) is 0.200. The zero-order chi connectivity index (χ0) is 12.6. The van der Waals surface area contributed by atoms with Crippen molar-refractivity contribution >= 4 is 11.5 Å². The van der Waals surface area contributed by atoms with Gasteiger partial charge in [0, 0.05) is 6.07 Å². The molecule has 0 aliphatic carbocycles. The highest BCUT2D eigenvalue weighted by atomic mass is 16.6. The molecular formula is C10H10N4O3. The van der Waals surface area contributed by atoms with Gasteiger partial charge in [-0.25, -0.2) is 4.98 Å². The zero-order valence-electron chi connectivity index (χ0n) is 9.30. The van der Waals surface area contributed by atoms with Crippen LogP contribution in [0.1, 0.15) is 11.5 Å². The molecule has 2 N–H and O–H groups in total. The van der Waals surface area contributed by atoms with Crippen molar-refractivity contribution in [1.82, 2.24) is 10.1 Å². The van der Waals surface area contributed by atoms with Gasteiger partial charge in [-0.1, -0.05) is 5.16 Å². The first-order valence-corrected chi connectivity index (χ1v) is 4.85. The van der Waals surface area contributed by atoms with Gasteiger partial charge < -0.3 is 10.3 Å². The Kier molecular flexibility index (Phi) is 2.51. The van der Waals surface area contributed by atoms with Gasteiger partial charge in [-0.05, 0) is 19.9 Å². The molecule has 7 nitrogen and oxygen atoms in total. The lowest BCUT2D eigenvalue weighted by Gasteiger charge is -2.01. The van der Waals surface area contributed by atoms with E-state index >= 15 is 0 Å². The lowest BCUT2D eigenvalue weighted by Crippen LogP contribution is -1.99. The molecule has 17 heavy (non-hydrogen) atoms. The number of aromatic nitrogens is 2. The summed E-state index contributed by atoms with van der Waals surface area (Å²) in [4.78, 5) is 14.0. The molecule has 0 amide bonds. The minimum Gasteiger partial charge on any atom is -0.378 e. The van der Waals surface area contributed by atoms with Crippen LogP contribution in [0.5, 0.6) is 0 Å². The largest absolute Gasteiger partial charge is 0.378 e. The highest BCUT2D eigenvalue weighted by Crippen LogP contribution is 2.28. The fourth-order valence-corrected chi connectivity index (χ4v) is 1.61. The Morgan fingerprint density at radius 1 is 1.41 bits per heavy atom. The van der Waals surface area contributed by atoms with Gasteiger partial charge in [-0.2, -0.15) is 0 Å². The second-order valence-corrected chi connectivity index (χ2v) is 3.56. The number of hydrogen-bond acceptors (Lipinski definition) is 6. The van der Waals surface area contributed by atoms with Crippen LogP contribution in [0.4, 0.5) is 11.5 Å². The van der Waals surface area contributed by atoms with E-state index in [0.717, 1.165) is 0 Å². The zero-order valence-corrected chi connectivity index (χ0v) is 9.30. The van der Waals surface area contributed by atoms with Gasteiger partial charge in [0.05, 0.1) is 21.9 Å². The van der Waals surface area contributed by atoms with Crippen LogP contribution in [0.3, 0.4) is 0 Å². The molecule has 2 heterocycles. The monoisotopic (exact) mass is 234 g/mol. The van der Waals surface area contributed by atoms with Gasteiger partial charge in [0.25, 0.3) is 0 Å². The Hall–Kier alpha value is -2.44. The first kappa shape index (κ1) is 11.1. The average Bonchev–Trinajstić information content (AvgIpc) is 2.58. The molecule has 0 atom stereocenters. The van der Waals surface area contributed by atoms with Crippen LogP contribution >= 0.6 is 0 Å². The third kappa shape index (κ3) is 1.82. The topological polar surface area (TPSA) is 108 Å².